The van der Waals surface area contributed by atoms with Gasteiger partial charge in [0, 0.05) is 17.8 Å². The molecule has 0 atom stereocenters. The fourth-order valence-corrected chi connectivity index (χ4v) is 2.39. The van der Waals surface area contributed by atoms with Gasteiger partial charge in [-0.15, -0.1) is 11.3 Å². The van der Waals surface area contributed by atoms with Crippen LogP contribution in [-0.2, 0) is 6.42 Å². The first-order valence-electron chi connectivity index (χ1n) is 5.71. The maximum atomic E-state index is 5.67. The molecule has 2 heterocycles. The Kier molecular flexibility index (Phi) is 4.95. The Hall–Kier alpha value is -1.14. The van der Waals surface area contributed by atoms with Crippen LogP contribution >= 0.6 is 27.3 Å². The molecule has 2 rings (SSSR count). The maximum absolute atomic E-state index is 5.67. The molecule has 0 radical (unpaired) electrons. The standard InChI is InChI=1S/C12H14BrN3OS/c1-2-14-12-15-8-10(13)11(16-12)17-6-5-9-4-3-7-18-9/h3-4,7-8H,2,5-6H2,1H3,(H,14,15,16). The number of hydrogen-bond acceptors (Lipinski definition) is 5. The molecule has 0 unspecified atom stereocenters. The number of halogens is 1. The monoisotopic (exact) mass is 327 g/mol. The Labute approximate surface area is 119 Å². The summed E-state index contributed by atoms with van der Waals surface area (Å²) < 4.78 is 6.44. The molecule has 0 saturated carbocycles. The minimum absolute atomic E-state index is 0.581. The van der Waals surface area contributed by atoms with Crippen LogP contribution in [0.5, 0.6) is 5.88 Å². The Bertz CT molecular complexity index is 490. The molecule has 4 nitrogen and oxygen atoms in total. The van der Waals surface area contributed by atoms with E-state index in [0.717, 1.165) is 17.4 Å². The van der Waals surface area contributed by atoms with Crippen LogP contribution < -0.4 is 10.1 Å². The van der Waals surface area contributed by atoms with Gasteiger partial charge in [0.1, 0.15) is 0 Å². The SMILES string of the molecule is CCNc1ncc(Br)c(OCCc2cccs2)n1. The largest absolute Gasteiger partial charge is 0.476 e. The number of nitrogens with one attached hydrogen (secondary N) is 1. The van der Waals surface area contributed by atoms with Gasteiger partial charge < -0.3 is 10.1 Å². The van der Waals surface area contributed by atoms with E-state index in [2.05, 4.69) is 42.7 Å². The summed E-state index contributed by atoms with van der Waals surface area (Å²) in [6, 6.07) is 4.15. The molecule has 96 valence electrons. The van der Waals surface area contributed by atoms with Crippen LogP contribution in [0.1, 0.15) is 11.8 Å². The van der Waals surface area contributed by atoms with Crippen molar-refractivity contribution in [1.82, 2.24) is 9.97 Å². The minimum atomic E-state index is 0.581. The molecule has 0 amide bonds. The molecule has 6 heteroatoms. The zero-order valence-electron chi connectivity index (χ0n) is 10.0. The third kappa shape index (κ3) is 3.68. The first-order valence-corrected chi connectivity index (χ1v) is 7.38. The molecule has 0 aliphatic heterocycles. The molecule has 2 aromatic heterocycles. The minimum Gasteiger partial charge on any atom is -0.476 e. The van der Waals surface area contributed by atoms with Gasteiger partial charge in [0.15, 0.2) is 0 Å². The highest BCUT2D eigenvalue weighted by Gasteiger charge is 2.06. The van der Waals surface area contributed by atoms with Crippen LogP contribution in [0.4, 0.5) is 5.95 Å². The number of thiophene rings is 1. The summed E-state index contributed by atoms with van der Waals surface area (Å²) in [5.74, 6) is 1.17. The molecular weight excluding hydrogens is 314 g/mol. The average molecular weight is 328 g/mol. The van der Waals surface area contributed by atoms with Crippen LogP contribution in [0.3, 0.4) is 0 Å². The number of rotatable bonds is 6. The lowest BCUT2D eigenvalue weighted by molar-refractivity contribution is 0.308. The summed E-state index contributed by atoms with van der Waals surface area (Å²) >= 11 is 5.12. The summed E-state index contributed by atoms with van der Waals surface area (Å²) in [4.78, 5) is 9.74. The lowest BCUT2D eigenvalue weighted by Gasteiger charge is -2.08. The Morgan fingerprint density at radius 1 is 1.50 bits per heavy atom. The quantitative estimate of drug-likeness (QED) is 0.883. The van der Waals surface area contributed by atoms with Crippen LogP contribution in [0, 0.1) is 0 Å². The van der Waals surface area contributed by atoms with E-state index in [9.17, 15) is 0 Å². The van der Waals surface area contributed by atoms with E-state index in [4.69, 9.17) is 4.74 Å². The third-order valence-electron chi connectivity index (χ3n) is 2.21. The van der Waals surface area contributed by atoms with Crippen LogP contribution in [-0.4, -0.2) is 23.1 Å². The highest BCUT2D eigenvalue weighted by Crippen LogP contribution is 2.22. The number of nitrogens with zero attached hydrogens (tertiary/aromatic N) is 2. The lowest BCUT2D eigenvalue weighted by atomic mass is 10.4. The zero-order valence-corrected chi connectivity index (χ0v) is 12.4. The molecular formula is C12H14BrN3OS. The second kappa shape index (κ2) is 6.70. The molecule has 0 aliphatic rings. The van der Waals surface area contributed by atoms with E-state index in [1.165, 1.54) is 4.88 Å². The van der Waals surface area contributed by atoms with Crippen molar-refractivity contribution in [3.63, 3.8) is 0 Å². The molecule has 0 aliphatic carbocycles. The summed E-state index contributed by atoms with van der Waals surface area (Å²) in [6.07, 6.45) is 2.59. The summed E-state index contributed by atoms with van der Waals surface area (Å²) in [5.41, 5.74) is 0. The van der Waals surface area contributed by atoms with Gasteiger partial charge in [-0.3, -0.25) is 0 Å². The van der Waals surface area contributed by atoms with Gasteiger partial charge in [-0.1, -0.05) is 6.07 Å². The van der Waals surface area contributed by atoms with E-state index >= 15 is 0 Å². The number of aromatic nitrogens is 2. The van der Waals surface area contributed by atoms with Crippen molar-refractivity contribution in [3.8, 4) is 5.88 Å². The molecule has 1 N–H and O–H groups in total. The summed E-state index contributed by atoms with van der Waals surface area (Å²) in [7, 11) is 0. The Morgan fingerprint density at radius 3 is 3.11 bits per heavy atom. The van der Waals surface area contributed by atoms with Gasteiger partial charge in [0.05, 0.1) is 17.3 Å². The molecule has 18 heavy (non-hydrogen) atoms. The van der Waals surface area contributed by atoms with Gasteiger partial charge in [0.2, 0.25) is 11.8 Å². The number of ether oxygens (including phenoxy) is 1. The predicted molar refractivity (Wildman–Crippen MR) is 77.4 cm³/mol. The average Bonchev–Trinajstić information content (AvgIpc) is 2.86. The van der Waals surface area contributed by atoms with Crippen LogP contribution in [0.2, 0.25) is 0 Å². The Morgan fingerprint density at radius 2 is 2.39 bits per heavy atom. The molecule has 0 spiro atoms. The van der Waals surface area contributed by atoms with Crippen molar-refractivity contribution in [2.45, 2.75) is 13.3 Å². The summed E-state index contributed by atoms with van der Waals surface area (Å²) in [6.45, 7) is 3.40. The molecule has 0 fully saturated rings. The van der Waals surface area contributed by atoms with Crippen molar-refractivity contribution in [2.24, 2.45) is 0 Å². The van der Waals surface area contributed by atoms with E-state index in [0.29, 0.717) is 18.4 Å². The molecule has 0 saturated heterocycles. The number of anilines is 1. The van der Waals surface area contributed by atoms with Crippen molar-refractivity contribution < 1.29 is 4.74 Å². The molecule has 0 aromatic carbocycles. The van der Waals surface area contributed by atoms with Crippen LogP contribution in [0.15, 0.2) is 28.2 Å². The first kappa shape index (κ1) is 13.3. The van der Waals surface area contributed by atoms with Crippen LogP contribution in [0.25, 0.3) is 0 Å². The smallest absolute Gasteiger partial charge is 0.232 e. The van der Waals surface area contributed by atoms with Gasteiger partial charge in [0.25, 0.3) is 0 Å². The highest BCUT2D eigenvalue weighted by atomic mass is 79.9. The second-order valence-corrected chi connectivity index (χ2v) is 5.44. The summed E-state index contributed by atoms with van der Waals surface area (Å²) in [5, 5.41) is 5.13. The second-order valence-electron chi connectivity index (χ2n) is 3.55. The van der Waals surface area contributed by atoms with E-state index in [1.807, 2.05) is 13.0 Å². The fraction of sp³-hybridized carbons (Fsp3) is 0.333. The van der Waals surface area contributed by atoms with Gasteiger partial charge in [-0.2, -0.15) is 4.98 Å². The highest BCUT2D eigenvalue weighted by molar-refractivity contribution is 9.10. The predicted octanol–water partition coefficient (Wildman–Crippen LogP) is 3.35. The van der Waals surface area contributed by atoms with E-state index in [1.54, 1.807) is 17.5 Å². The van der Waals surface area contributed by atoms with Crippen molar-refractivity contribution in [2.75, 3.05) is 18.5 Å². The van der Waals surface area contributed by atoms with Crippen molar-refractivity contribution in [1.29, 1.82) is 0 Å². The fourth-order valence-electron chi connectivity index (χ4n) is 1.40. The van der Waals surface area contributed by atoms with Gasteiger partial charge >= 0.3 is 0 Å². The molecule has 0 bridgehead atoms. The maximum Gasteiger partial charge on any atom is 0.232 e. The lowest BCUT2D eigenvalue weighted by Crippen LogP contribution is -2.06. The zero-order chi connectivity index (χ0) is 12.8. The number of hydrogen-bond donors (Lipinski definition) is 1. The van der Waals surface area contributed by atoms with Crippen molar-refractivity contribution >= 4 is 33.2 Å². The Balaban J connectivity index is 1.93. The first-order chi connectivity index (χ1) is 8.79. The topological polar surface area (TPSA) is 47.0 Å². The van der Waals surface area contributed by atoms with Gasteiger partial charge in [-0.25, -0.2) is 4.98 Å². The normalized spacial score (nSPS) is 10.3. The van der Waals surface area contributed by atoms with Gasteiger partial charge in [-0.05, 0) is 34.3 Å². The van der Waals surface area contributed by atoms with Crippen molar-refractivity contribution in [3.05, 3.63) is 33.1 Å². The third-order valence-corrected chi connectivity index (χ3v) is 3.69. The van der Waals surface area contributed by atoms with E-state index in [-0.39, 0.29) is 0 Å². The van der Waals surface area contributed by atoms with E-state index < -0.39 is 0 Å². The molecule has 2 aromatic rings.